The minimum atomic E-state index is -4.59. The summed E-state index contributed by atoms with van der Waals surface area (Å²) < 4.78 is 40.3. The van der Waals surface area contributed by atoms with E-state index < -0.39 is 11.9 Å². The van der Waals surface area contributed by atoms with E-state index in [1.807, 2.05) is 4.90 Å². The maximum Gasteiger partial charge on any atom is 0.433 e. The zero-order valence-electron chi connectivity index (χ0n) is 15.7. The molecule has 152 valence electrons. The van der Waals surface area contributed by atoms with Crippen LogP contribution in [-0.2, 0) is 6.18 Å². The largest absolute Gasteiger partial charge is 0.433 e. The van der Waals surface area contributed by atoms with Crippen molar-refractivity contribution in [3.63, 3.8) is 0 Å². The topological polar surface area (TPSA) is 81.8 Å². The summed E-state index contributed by atoms with van der Waals surface area (Å²) in [6.07, 6.45) is -0.00536. The molecule has 3 aromatic heterocycles. The molecule has 4 heterocycles. The fourth-order valence-electron chi connectivity index (χ4n) is 3.26. The Morgan fingerprint density at radius 2 is 1.63 bits per heavy atom. The maximum atomic E-state index is 13.4. The normalized spacial score (nSPS) is 14.5. The lowest BCUT2D eigenvalue weighted by Gasteiger charge is -2.36. The summed E-state index contributed by atoms with van der Waals surface area (Å²) in [5.41, 5.74) is -0.0614. The number of halogens is 3. The second-order valence-electron chi connectivity index (χ2n) is 6.63. The second-order valence-corrected chi connectivity index (χ2v) is 6.63. The first-order chi connectivity index (χ1) is 14.5. The van der Waals surface area contributed by atoms with Crippen LogP contribution < -0.4 is 9.80 Å². The summed E-state index contributed by atoms with van der Waals surface area (Å²) in [7, 11) is 0. The van der Waals surface area contributed by atoms with Gasteiger partial charge in [0.25, 0.3) is 0 Å². The van der Waals surface area contributed by atoms with Crippen molar-refractivity contribution in [2.75, 3.05) is 36.0 Å². The molecule has 1 aliphatic rings. The molecule has 0 unspecified atom stereocenters. The van der Waals surface area contributed by atoms with E-state index in [1.165, 1.54) is 12.4 Å². The number of hydrogen-bond acceptors (Lipinski definition) is 7. The Bertz CT molecular complexity index is 1070. The molecular weight excluding hydrogens is 395 g/mol. The number of pyridine rings is 2. The SMILES string of the molecule is N#Cc1cccnc1N1CCN(c2cc(C(F)(F)F)nc(-c3ccncc3)n2)CC1. The van der Waals surface area contributed by atoms with Gasteiger partial charge in [-0.3, -0.25) is 4.98 Å². The fourth-order valence-corrected chi connectivity index (χ4v) is 3.26. The zero-order valence-corrected chi connectivity index (χ0v) is 15.7. The van der Waals surface area contributed by atoms with E-state index in [0.717, 1.165) is 6.07 Å². The molecule has 0 atom stereocenters. The molecule has 1 saturated heterocycles. The Kier molecular flexibility index (Phi) is 5.18. The molecule has 0 bridgehead atoms. The van der Waals surface area contributed by atoms with Crippen LogP contribution in [0.25, 0.3) is 11.4 Å². The van der Waals surface area contributed by atoms with E-state index in [-0.39, 0.29) is 11.6 Å². The van der Waals surface area contributed by atoms with E-state index in [1.54, 1.807) is 35.4 Å². The summed E-state index contributed by atoms with van der Waals surface area (Å²) >= 11 is 0. The lowest BCUT2D eigenvalue weighted by molar-refractivity contribution is -0.141. The molecule has 30 heavy (non-hydrogen) atoms. The van der Waals surface area contributed by atoms with E-state index in [2.05, 4.69) is 26.0 Å². The average Bonchev–Trinajstić information content (AvgIpc) is 2.79. The predicted octanol–water partition coefficient (Wildman–Crippen LogP) is 3.15. The number of rotatable bonds is 3. The minimum absolute atomic E-state index is 0.00106. The fraction of sp³-hybridized carbons (Fsp3) is 0.250. The Balaban J connectivity index is 1.61. The van der Waals surface area contributed by atoms with Crippen LogP contribution in [0.2, 0.25) is 0 Å². The van der Waals surface area contributed by atoms with Crippen LogP contribution in [0.4, 0.5) is 24.8 Å². The summed E-state index contributed by atoms with van der Waals surface area (Å²) in [5, 5.41) is 9.27. The molecule has 0 N–H and O–H groups in total. The van der Waals surface area contributed by atoms with Crippen molar-refractivity contribution in [1.29, 1.82) is 5.26 Å². The first kappa shape index (κ1) is 19.6. The van der Waals surface area contributed by atoms with Crippen molar-refractivity contribution in [2.24, 2.45) is 0 Å². The van der Waals surface area contributed by atoms with E-state index in [0.29, 0.717) is 43.1 Å². The monoisotopic (exact) mass is 411 g/mol. The molecule has 1 aliphatic heterocycles. The van der Waals surface area contributed by atoms with Crippen molar-refractivity contribution in [3.05, 3.63) is 60.2 Å². The summed E-state index contributed by atoms with van der Waals surface area (Å²) in [6.45, 7) is 1.88. The van der Waals surface area contributed by atoms with Crippen LogP contribution in [0.5, 0.6) is 0 Å². The van der Waals surface area contributed by atoms with Gasteiger partial charge in [-0.25, -0.2) is 15.0 Å². The standard InChI is InChI=1S/C20H16F3N7/c21-20(22,23)16-12-17(28-18(27-16)14-3-6-25-7-4-14)29-8-10-30(11-9-29)19-15(13-24)2-1-5-26-19/h1-7,12H,8-11H2. The highest BCUT2D eigenvalue weighted by Gasteiger charge is 2.34. The molecule has 4 rings (SSSR count). The first-order valence-corrected chi connectivity index (χ1v) is 9.17. The Morgan fingerprint density at radius 3 is 2.30 bits per heavy atom. The van der Waals surface area contributed by atoms with Gasteiger partial charge < -0.3 is 9.80 Å². The van der Waals surface area contributed by atoms with Crippen LogP contribution in [0.1, 0.15) is 11.3 Å². The Labute approximate surface area is 170 Å². The van der Waals surface area contributed by atoms with Gasteiger partial charge in [0.2, 0.25) is 0 Å². The van der Waals surface area contributed by atoms with E-state index >= 15 is 0 Å². The summed E-state index contributed by atoms with van der Waals surface area (Å²) in [5.74, 6) is 0.794. The van der Waals surface area contributed by atoms with Gasteiger partial charge in [0.1, 0.15) is 17.7 Å². The molecule has 0 amide bonds. The molecule has 0 saturated carbocycles. The van der Waals surface area contributed by atoms with Crippen molar-refractivity contribution in [2.45, 2.75) is 6.18 Å². The number of alkyl halides is 3. The highest BCUT2D eigenvalue weighted by atomic mass is 19.4. The number of piperazine rings is 1. The third-order valence-electron chi connectivity index (χ3n) is 4.75. The summed E-state index contributed by atoms with van der Waals surface area (Å²) in [6, 6.07) is 9.62. The number of hydrogen-bond donors (Lipinski definition) is 0. The maximum absolute atomic E-state index is 13.4. The van der Waals surface area contributed by atoms with Crippen molar-refractivity contribution in [1.82, 2.24) is 19.9 Å². The van der Waals surface area contributed by atoms with Gasteiger partial charge >= 0.3 is 6.18 Å². The van der Waals surface area contributed by atoms with Gasteiger partial charge in [-0.05, 0) is 24.3 Å². The average molecular weight is 411 g/mol. The third-order valence-corrected chi connectivity index (χ3v) is 4.75. The zero-order chi connectivity index (χ0) is 21.1. The lowest BCUT2D eigenvalue weighted by atomic mass is 10.2. The van der Waals surface area contributed by atoms with Crippen LogP contribution in [0.3, 0.4) is 0 Å². The van der Waals surface area contributed by atoms with E-state index in [4.69, 9.17) is 0 Å². The summed E-state index contributed by atoms with van der Waals surface area (Å²) in [4.78, 5) is 20.0. The molecule has 0 spiro atoms. The third kappa shape index (κ3) is 4.00. The van der Waals surface area contributed by atoms with Gasteiger partial charge in [-0.2, -0.15) is 18.4 Å². The van der Waals surface area contributed by atoms with Crippen LogP contribution in [0, 0.1) is 11.3 Å². The predicted molar refractivity (Wildman–Crippen MR) is 104 cm³/mol. The molecule has 0 aromatic carbocycles. The van der Waals surface area contributed by atoms with Crippen molar-refractivity contribution < 1.29 is 13.2 Å². The van der Waals surface area contributed by atoms with Gasteiger partial charge in [0.05, 0.1) is 5.56 Å². The van der Waals surface area contributed by atoms with Crippen molar-refractivity contribution >= 4 is 11.6 Å². The molecule has 10 heteroatoms. The molecule has 3 aromatic rings. The van der Waals surface area contributed by atoms with Gasteiger partial charge in [-0.1, -0.05) is 0 Å². The lowest BCUT2D eigenvalue weighted by Crippen LogP contribution is -2.47. The number of anilines is 2. The smallest absolute Gasteiger partial charge is 0.353 e. The van der Waals surface area contributed by atoms with Crippen molar-refractivity contribution in [3.8, 4) is 17.5 Å². The van der Waals surface area contributed by atoms with Gasteiger partial charge in [0.15, 0.2) is 11.5 Å². The Morgan fingerprint density at radius 1 is 0.933 bits per heavy atom. The molecule has 0 radical (unpaired) electrons. The quantitative estimate of drug-likeness (QED) is 0.655. The van der Waals surface area contributed by atoms with Gasteiger partial charge in [-0.15, -0.1) is 0 Å². The van der Waals surface area contributed by atoms with Gasteiger partial charge in [0, 0.05) is 56.4 Å². The number of nitrogens with zero attached hydrogens (tertiary/aromatic N) is 7. The molecular formula is C20H16F3N7. The van der Waals surface area contributed by atoms with Crippen LogP contribution in [-0.4, -0.2) is 46.1 Å². The Hall–Kier alpha value is -3.74. The number of aromatic nitrogens is 4. The molecule has 0 aliphatic carbocycles. The molecule has 1 fully saturated rings. The van der Waals surface area contributed by atoms with E-state index in [9.17, 15) is 18.4 Å². The molecule has 7 nitrogen and oxygen atoms in total. The van der Waals surface area contributed by atoms with Crippen LogP contribution in [0.15, 0.2) is 48.9 Å². The second kappa shape index (κ2) is 7.94. The first-order valence-electron chi connectivity index (χ1n) is 9.17. The number of nitriles is 1. The highest BCUT2D eigenvalue weighted by Crippen LogP contribution is 2.32. The minimum Gasteiger partial charge on any atom is -0.353 e. The highest BCUT2D eigenvalue weighted by molar-refractivity contribution is 5.59. The van der Waals surface area contributed by atoms with Crippen LogP contribution >= 0.6 is 0 Å².